The van der Waals surface area contributed by atoms with E-state index in [0.29, 0.717) is 11.1 Å². The van der Waals surface area contributed by atoms with Gasteiger partial charge in [0.05, 0.1) is 5.75 Å². The Morgan fingerprint density at radius 1 is 1.09 bits per heavy atom. The van der Waals surface area contributed by atoms with Gasteiger partial charge in [-0.05, 0) is 60.2 Å². The number of carbonyl (C=O) groups excluding carboxylic acids is 1. The van der Waals surface area contributed by atoms with Gasteiger partial charge in [-0.25, -0.2) is 8.42 Å². The summed E-state index contributed by atoms with van der Waals surface area (Å²) in [6.07, 6.45) is 4.52. The summed E-state index contributed by atoms with van der Waals surface area (Å²) in [4.78, 5) is 12.4. The van der Waals surface area contributed by atoms with Crippen LogP contribution in [0.4, 0.5) is 5.69 Å². The highest BCUT2D eigenvalue weighted by Crippen LogP contribution is 2.25. The van der Waals surface area contributed by atoms with E-state index >= 15 is 0 Å². The van der Waals surface area contributed by atoms with Crippen molar-refractivity contribution in [3.8, 4) is 0 Å². The minimum Gasteiger partial charge on any atom is -0.322 e. The van der Waals surface area contributed by atoms with Crippen molar-refractivity contribution >= 4 is 21.4 Å². The summed E-state index contributed by atoms with van der Waals surface area (Å²) < 4.78 is 22.8. The molecule has 0 radical (unpaired) electrons. The Bertz CT molecular complexity index is 856. The van der Waals surface area contributed by atoms with E-state index in [1.165, 1.54) is 23.8 Å². The Kier molecular flexibility index (Phi) is 4.22. The second-order valence-corrected chi connectivity index (χ2v) is 8.20. The second kappa shape index (κ2) is 6.16. The van der Waals surface area contributed by atoms with Gasteiger partial charge in [0.25, 0.3) is 5.91 Å². The monoisotopic (exact) mass is 329 g/mol. The van der Waals surface area contributed by atoms with Gasteiger partial charge in [0.2, 0.25) is 0 Å². The van der Waals surface area contributed by atoms with E-state index < -0.39 is 9.84 Å². The van der Waals surface area contributed by atoms with Crippen LogP contribution in [0.5, 0.6) is 0 Å². The predicted octanol–water partition coefficient (Wildman–Crippen LogP) is 2.97. The van der Waals surface area contributed by atoms with Crippen LogP contribution in [-0.2, 0) is 28.4 Å². The largest absolute Gasteiger partial charge is 0.322 e. The summed E-state index contributed by atoms with van der Waals surface area (Å²) in [5.74, 6) is -0.286. The van der Waals surface area contributed by atoms with Crippen LogP contribution in [0.25, 0.3) is 0 Å². The Morgan fingerprint density at radius 2 is 1.87 bits per heavy atom. The minimum absolute atomic E-state index is 0.0625. The molecule has 0 unspecified atom stereocenters. The first kappa shape index (κ1) is 15.7. The van der Waals surface area contributed by atoms with Crippen LogP contribution in [0.3, 0.4) is 0 Å². The Hall–Kier alpha value is -2.14. The van der Waals surface area contributed by atoms with Crippen molar-refractivity contribution in [1.82, 2.24) is 0 Å². The normalized spacial score (nSPS) is 13.6. The molecule has 0 aliphatic heterocycles. The van der Waals surface area contributed by atoms with Crippen LogP contribution in [0.2, 0.25) is 0 Å². The highest BCUT2D eigenvalue weighted by molar-refractivity contribution is 7.89. The third-order valence-electron chi connectivity index (χ3n) is 3.97. The highest BCUT2D eigenvalue weighted by Gasteiger charge is 2.13. The molecule has 0 heterocycles. The van der Waals surface area contributed by atoms with E-state index in [4.69, 9.17) is 0 Å². The van der Waals surface area contributed by atoms with Gasteiger partial charge in [0, 0.05) is 17.5 Å². The molecule has 0 fully saturated rings. The molecule has 0 saturated heterocycles. The fraction of sp³-hybridized carbons (Fsp3) is 0.278. The lowest BCUT2D eigenvalue weighted by Gasteiger charge is -2.08. The van der Waals surface area contributed by atoms with E-state index in [2.05, 4.69) is 11.4 Å². The Morgan fingerprint density at radius 3 is 2.65 bits per heavy atom. The van der Waals surface area contributed by atoms with Crippen molar-refractivity contribution in [3.05, 3.63) is 64.7 Å². The smallest absolute Gasteiger partial charge is 0.255 e. The lowest BCUT2D eigenvalue weighted by Crippen LogP contribution is -2.13. The van der Waals surface area contributed by atoms with Crippen LogP contribution in [0.15, 0.2) is 42.5 Å². The zero-order valence-corrected chi connectivity index (χ0v) is 13.8. The fourth-order valence-corrected chi connectivity index (χ4v) is 3.74. The molecule has 3 rings (SSSR count). The summed E-state index contributed by atoms with van der Waals surface area (Å²) in [5, 5.41) is 2.89. The van der Waals surface area contributed by atoms with E-state index in [-0.39, 0.29) is 11.7 Å². The molecule has 4 nitrogen and oxygen atoms in total. The average molecular weight is 329 g/mol. The van der Waals surface area contributed by atoms with Gasteiger partial charge in [-0.1, -0.05) is 18.2 Å². The summed E-state index contributed by atoms with van der Waals surface area (Å²) in [5.41, 5.74) is 4.52. The number of carbonyl (C=O) groups is 1. The van der Waals surface area contributed by atoms with Crippen LogP contribution in [0.1, 0.15) is 33.5 Å². The molecule has 1 N–H and O–H groups in total. The van der Waals surface area contributed by atoms with E-state index in [9.17, 15) is 13.2 Å². The molecule has 0 aromatic heterocycles. The van der Waals surface area contributed by atoms with Crippen LogP contribution in [-0.4, -0.2) is 20.6 Å². The van der Waals surface area contributed by atoms with Gasteiger partial charge in [0.15, 0.2) is 9.84 Å². The number of hydrogen-bond donors (Lipinski definition) is 1. The quantitative estimate of drug-likeness (QED) is 0.938. The van der Waals surface area contributed by atoms with Crippen molar-refractivity contribution < 1.29 is 13.2 Å². The number of sulfone groups is 1. The highest BCUT2D eigenvalue weighted by atomic mass is 32.2. The summed E-state index contributed by atoms with van der Waals surface area (Å²) in [6, 6.07) is 12.8. The SMILES string of the molecule is CS(=O)(=O)Cc1cccc(C(=O)Nc2ccc3c(c2)CCC3)c1. The number of rotatable bonds is 4. The van der Waals surface area contributed by atoms with Crippen molar-refractivity contribution in [3.63, 3.8) is 0 Å². The van der Waals surface area contributed by atoms with E-state index in [1.807, 2.05) is 12.1 Å². The molecule has 2 aromatic carbocycles. The van der Waals surface area contributed by atoms with Gasteiger partial charge in [-0.3, -0.25) is 4.79 Å². The van der Waals surface area contributed by atoms with Gasteiger partial charge in [0.1, 0.15) is 0 Å². The fourth-order valence-electron chi connectivity index (χ4n) is 2.96. The first-order chi connectivity index (χ1) is 10.9. The predicted molar refractivity (Wildman–Crippen MR) is 91.4 cm³/mol. The first-order valence-electron chi connectivity index (χ1n) is 7.60. The van der Waals surface area contributed by atoms with Crippen LogP contribution in [0, 0.1) is 0 Å². The average Bonchev–Trinajstić information content (AvgIpc) is 2.93. The van der Waals surface area contributed by atoms with Crippen molar-refractivity contribution in [1.29, 1.82) is 0 Å². The van der Waals surface area contributed by atoms with Gasteiger partial charge < -0.3 is 5.32 Å². The number of amides is 1. The maximum absolute atomic E-state index is 12.4. The van der Waals surface area contributed by atoms with E-state index in [1.54, 1.807) is 24.3 Å². The molecule has 0 spiro atoms. The number of anilines is 1. The molecule has 0 atom stereocenters. The molecular formula is C18H19NO3S. The summed E-state index contributed by atoms with van der Waals surface area (Å²) in [6.45, 7) is 0. The van der Waals surface area contributed by atoms with E-state index in [0.717, 1.165) is 18.5 Å². The maximum atomic E-state index is 12.4. The molecule has 1 aliphatic rings. The number of nitrogens with one attached hydrogen (secondary N) is 1. The summed E-state index contributed by atoms with van der Waals surface area (Å²) >= 11 is 0. The number of hydrogen-bond acceptors (Lipinski definition) is 3. The zero-order valence-electron chi connectivity index (χ0n) is 13.0. The third kappa shape index (κ3) is 3.99. The minimum atomic E-state index is -3.12. The molecular weight excluding hydrogens is 310 g/mol. The van der Waals surface area contributed by atoms with Crippen LogP contribution < -0.4 is 5.32 Å². The topological polar surface area (TPSA) is 63.2 Å². The number of benzene rings is 2. The molecule has 0 bridgehead atoms. The first-order valence-corrected chi connectivity index (χ1v) is 9.66. The summed E-state index contributed by atoms with van der Waals surface area (Å²) in [7, 11) is -3.12. The zero-order chi connectivity index (χ0) is 16.4. The van der Waals surface area contributed by atoms with Crippen molar-refractivity contribution in [2.24, 2.45) is 0 Å². The molecule has 2 aromatic rings. The molecule has 1 aliphatic carbocycles. The number of aryl methyl sites for hydroxylation is 2. The standard InChI is InChI=1S/C18H19NO3S/c1-23(21,22)12-13-4-2-7-16(10-13)18(20)19-17-9-8-14-5-3-6-15(14)11-17/h2,4,7-11H,3,5-6,12H2,1H3,(H,19,20). The second-order valence-electron chi connectivity index (χ2n) is 6.06. The van der Waals surface area contributed by atoms with Crippen molar-refractivity contribution in [2.75, 3.05) is 11.6 Å². The maximum Gasteiger partial charge on any atom is 0.255 e. The molecule has 5 heteroatoms. The third-order valence-corrected chi connectivity index (χ3v) is 4.83. The Labute approximate surface area is 136 Å². The molecule has 120 valence electrons. The van der Waals surface area contributed by atoms with Gasteiger partial charge in [-0.15, -0.1) is 0 Å². The van der Waals surface area contributed by atoms with Gasteiger partial charge >= 0.3 is 0 Å². The molecule has 1 amide bonds. The van der Waals surface area contributed by atoms with Crippen LogP contribution >= 0.6 is 0 Å². The lowest BCUT2D eigenvalue weighted by atomic mass is 10.1. The van der Waals surface area contributed by atoms with Gasteiger partial charge in [-0.2, -0.15) is 0 Å². The number of fused-ring (bicyclic) bond motifs is 1. The van der Waals surface area contributed by atoms with Crippen molar-refractivity contribution in [2.45, 2.75) is 25.0 Å². The Balaban J connectivity index is 1.77. The molecule has 23 heavy (non-hydrogen) atoms. The molecule has 0 saturated carbocycles. The lowest BCUT2D eigenvalue weighted by molar-refractivity contribution is 0.102.